The van der Waals surface area contributed by atoms with Crippen LogP contribution in [-0.4, -0.2) is 41.2 Å². The van der Waals surface area contributed by atoms with E-state index >= 15 is 0 Å². The molecule has 2 rings (SSSR count). The van der Waals surface area contributed by atoms with Crippen LogP contribution in [0.4, 0.5) is 9.59 Å². The number of likely N-dealkylation sites (tertiary alicyclic amines) is 1. The van der Waals surface area contributed by atoms with Crippen LogP contribution in [0.5, 0.6) is 0 Å². The van der Waals surface area contributed by atoms with Crippen LogP contribution in [0.15, 0.2) is 30.3 Å². The van der Waals surface area contributed by atoms with Gasteiger partial charge in [-0.3, -0.25) is 10.1 Å². The first-order chi connectivity index (χ1) is 10.6. The molecule has 0 saturated carbocycles. The van der Waals surface area contributed by atoms with E-state index in [1.807, 2.05) is 35.6 Å². The van der Waals surface area contributed by atoms with Gasteiger partial charge in [0.15, 0.2) is 0 Å². The van der Waals surface area contributed by atoms with Crippen molar-refractivity contribution in [3.63, 3.8) is 0 Å². The number of rotatable bonds is 3. The van der Waals surface area contributed by atoms with Gasteiger partial charge in [-0.2, -0.15) is 0 Å². The summed E-state index contributed by atoms with van der Waals surface area (Å²) in [5, 5.41) is 10.4. The first-order valence-corrected chi connectivity index (χ1v) is 7.05. The second-order valence-electron chi connectivity index (χ2n) is 5.12. The highest BCUT2D eigenvalue weighted by atomic mass is 16.6. The van der Waals surface area contributed by atoms with Crippen LogP contribution in [0.2, 0.25) is 0 Å². The first kappa shape index (κ1) is 15.8. The van der Waals surface area contributed by atoms with Crippen molar-refractivity contribution in [3.8, 4) is 0 Å². The molecule has 1 aromatic carbocycles. The fourth-order valence-electron chi connectivity index (χ4n) is 2.38. The van der Waals surface area contributed by atoms with Crippen LogP contribution in [0, 0.1) is 5.92 Å². The SMILES string of the molecule is O=C(O)NC(=O)C1CCCN(C(=O)OCc2ccccc2)C1. The molecule has 0 aliphatic carbocycles. The van der Waals surface area contributed by atoms with Crippen molar-refractivity contribution in [1.82, 2.24) is 10.2 Å². The van der Waals surface area contributed by atoms with E-state index < -0.39 is 24.0 Å². The molecule has 1 unspecified atom stereocenters. The highest BCUT2D eigenvalue weighted by Crippen LogP contribution is 2.18. The Kier molecular flexibility index (Phi) is 5.35. The molecule has 1 saturated heterocycles. The minimum Gasteiger partial charge on any atom is -0.465 e. The molecule has 118 valence electrons. The maximum Gasteiger partial charge on any atom is 0.411 e. The summed E-state index contributed by atoms with van der Waals surface area (Å²) < 4.78 is 5.22. The number of nitrogens with zero attached hydrogens (tertiary/aromatic N) is 1. The summed E-state index contributed by atoms with van der Waals surface area (Å²) in [6, 6.07) is 9.30. The van der Waals surface area contributed by atoms with Gasteiger partial charge in [-0.1, -0.05) is 30.3 Å². The van der Waals surface area contributed by atoms with Gasteiger partial charge < -0.3 is 14.7 Å². The van der Waals surface area contributed by atoms with Gasteiger partial charge in [0.25, 0.3) is 0 Å². The molecular formula is C15H18N2O5. The third-order valence-corrected chi connectivity index (χ3v) is 3.49. The van der Waals surface area contributed by atoms with Crippen LogP contribution in [0.25, 0.3) is 0 Å². The van der Waals surface area contributed by atoms with E-state index in [1.54, 1.807) is 0 Å². The molecule has 0 radical (unpaired) electrons. The summed E-state index contributed by atoms with van der Waals surface area (Å²) in [6.07, 6.45) is -0.676. The Labute approximate surface area is 127 Å². The molecule has 0 spiro atoms. The van der Waals surface area contributed by atoms with Gasteiger partial charge in [-0.05, 0) is 18.4 Å². The summed E-state index contributed by atoms with van der Waals surface area (Å²) in [6.45, 7) is 0.847. The van der Waals surface area contributed by atoms with Crippen LogP contribution in [-0.2, 0) is 16.1 Å². The van der Waals surface area contributed by atoms with Gasteiger partial charge in [-0.15, -0.1) is 0 Å². The number of amides is 3. The summed E-state index contributed by atoms with van der Waals surface area (Å²) in [5.74, 6) is -1.10. The molecule has 0 aromatic heterocycles. The Morgan fingerprint density at radius 3 is 2.68 bits per heavy atom. The Balaban J connectivity index is 1.84. The highest BCUT2D eigenvalue weighted by Gasteiger charge is 2.29. The van der Waals surface area contributed by atoms with Crippen LogP contribution in [0.3, 0.4) is 0 Å². The molecule has 2 N–H and O–H groups in total. The predicted molar refractivity (Wildman–Crippen MR) is 77.1 cm³/mol. The fraction of sp³-hybridized carbons (Fsp3) is 0.400. The minimum atomic E-state index is -1.38. The number of carboxylic acid groups (broad SMARTS) is 1. The van der Waals surface area contributed by atoms with Gasteiger partial charge in [0, 0.05) is 13.1 Å². The summed E-state index contributed by atoms with van der Waals surface area (Å²) >= 11 is 0. The Morgan fingerprint density at radius 2 is 2.00 bits per heavy atom. The quantitative estimate of drug-likeness (QED) is 0.888. The highest BCUT2D eigenvalue weighted by molar-refractivity contribution is 5.92. The van der Waals surface area contributed by atoms with Crippen molar-refractivity contribution in [2.75, 3.05) is 13.1 Å². The summed E-state index contributed by atoms with van der Waals surface area (Å²) in [7, 11) is 0. The molecule has 1 atom stereocenters. The molecular weight excluding hydrogens is 288 g/mol. The number of carbonyl (C=O) groups excluding carboxylic acids is 2. The molecule has 3 amide bonds. The summed E-state index contributed by atoms with van der Waals surface area (Å²) in [4.78, 5) is 35.6. The van der Waals surface area contributed by atoms with Crippen molar-refractivity contribution >= 4 is 18.1 Å². The number of nitrogens with one attached hydrogen (secondary N) is 1. The zero-order chi connectivity index (χ0) is 15.9. The van der Waals surface area contributed by atoms with Crippen LogP contribution < -0.4 is 5.32 Å². The monoisotopic (exact) mass is 306 g/mol. The third-order valence-electron chi connectivity index (χ3n) is 3.49. The van der Waals surface area contributed by atoms with Crippen molar-refractivity contribution < 1.29 is 24.2 Å². The molecule has 22 heavy (non-hydrogen) atoms. The van der Waals surface area contributed by atoms with Crippen LogP contribution in [0.1, 0.15) is 18.4 Å². The number of imide groups is 1. The van der Waals surface area contributed by atoms with E-state index in [2.05, 4.69) is 0 Å². The molecule has 1 aromatic rings. The number of hydrogen-bond acceptors (Lipinski definition) is 4. The second kappa shape index (κ2) is 7.44. The zero-order valence-electron chi connectivity index (χ0n) is 12.0. The summed E-state index contributed by atoms with van der Waals surface area (Å²) in [5.41, 5.74) is 0.882. The van der Waals surface area contributed by atoms with Gasteiger partial charge in [-0.25, -0.2) is 9.59 Å². The smallest absolute Gasteiger partial charge is 0.411 e. The Morgan fingerprint density at radius 1 is 1.27 bits per heavy atom. The number of carbonyl (C=O) groups is 3. The lowest BCUT2D eigenvalue weighted by Gasteiger charge is -2.30. The number of benzene rings is 1. The van der Waals surface area contributed by atoms with E-state index in [-0.39, 0.29) is 13.2 Å². The Hall–Kier alpha value is -2.57. The largest absolute Gasteiger partial charge is 0.465 e. The standard InChI is InChI=1S/C15H18N2O5/c18-13(16-14(19)20)12-7-4-8-17(9-12)15(21)22-10-11-5-2-1-3-6-11/h1-3,5-6,12H,4,7-10H2,(H,16,18)(H,19,20). The second-order valence-corrected chi connectivity index (χ2v) is 5.12. The predicted octanol–water partition coefficient (Wildman–Crippen LogP) is 1.83. The average molecular weight is 306 g/mol. The molecule has 1 heterocycles. The van der Waals surface area contributed by atoms with Crippen molar-refractivity contribution in [2.24, 2.45) is 5.92 Å². The van der Waals surface area contributed by atoms with Gasteiger partial charge in [0.1, 0.15) is 6.61 Å². The number of hydrogen-bond donors (Lipinski definition) is 2. The van der Waals surface area contributed by atoms with Crippen molar-refractivity contribution in [3.05, 3.63) is 35.9 Å². The van der Waals surface area contributed by atoms with Gasteiger partial charge >= 0.3 is 12.2 Å². The average Bonchev–Trinajstić information content (AvgIpc) is 2.53. The van der Waals surface area contributed by atoms with E-state index in [4.69, 9.17) is 9.84 Å². The molecule has 0 bridgehead atoms. The van der Waals surface area contributed by atoms with E-state index in [9.17, 15) is 14.4 Å². The zero-order valence-corrected chi connectivity index (χ0v) is 12.0. The normalized spacial score (nSPS) is 17.6. The minimum absolute atomic E-state index is 0.169. The fourth-order valence-corrected chi connectivity index (χ4v) is 2.38. The first-order valence-electron chi connectivity index (χ1n) is 7.05. The van der Waals surface area contributed by atoms with E-state index in [0.29, 0.717) is 19.4 Å². The van der Waals surface area contributed by atoms with E-state index in [1.165, 1.54) is 4.90 Å². The van der Waals surface area contributed by atoms with Crippen molar-refractivity contribution in [2.45, 2.75) is 19.4 Å². The lowest BCUT2D eigenvalue weighted by Crippen LogP contribution is -2.46. The van der Waals surface area contributed by atoms with E-state index in [0.717, 1.165) is 5.56 Å². The maximum absolute atomic E-state index is 12.0. The Bertz CT molecular complexity index is 546. The molecule has 1 aliphatic heterocycles. The third kappa shape index (κ3) is 4.47. The van der Waals surface area contributed by atoms with Crippen LogP contribution >= 0.6 is 0 Å². The van der Waals surface area contributed by atoms with Gasteiger partial charge in [0.2, 0.25) is 5.91 Å². The lowest BCUT2D eigenvalue weighted by atomic mass is 9.97. The lowest BCUT2D eigenvalue weighted by molar-refractivity contribution is -0.125. The number of ether oxygens (including phenoxy) is 1. The topological polar surface area (TPSA) is 95.9 Å². The molecule has 7 heteroatoms. The molecule has 7 nitrogen and oxygen atoms in total. The molecule has 1 aliphatic rings. The number of piperidine rings is 1. The maximum atomic E-state index is 12.0. The van der Waals surface area contributed by atoms with Gasteiger partial charge in [0.05, 0.1) is 5.92 Å². The molecule has 1 fully saturated rings. The van der Waals surface area contributed by atoms with Crippen molar-refractivity contribution in [1.29, 1.82) is 0 Å².